The fourth-order valence-electron chi connectivity index (χ4n) is 1.83. The molecule has 0 saturated carbocycles. The number of thiocarbonyl (C=S) groups is 1. The lowest BCUT2D eigenvalue weighted by atomic mass is 10.3. The van der Waals surface area contributed by atoms with Crippen LogP contribution < -0.4 is 10.6 Å². The van der Waals surface area contributed by atoms with Gasteiger partial charge in [0, 0.05) is 33.4 Å². The smallest absolute Gasteiger partial charge is 0.385 e. The molecule has 0 aromatic carbocycles. The zero-order valence-electron chi connectivity index (χ0n) is 13.0. The molecule has 0 fully saturated rings. The lowest BCUT2D eigenvalue weighted by Gasteiger charge is -2.10. The van der Waals surface area contributed by atoms with Crippen LogP contribution in [0.1, 0.15) is 24.2 Å². The molecule has 5 nitrogen and oxygen atoms in total. The number of ether oxygens (including phenoxy) is 1. The maximum Gasteiger partial charge on any atom is 0.436 e. The Labute approximate surface area is 147 Å². The number of aromatic nitrogens is 2. The fourth-order valence-corrected chi connectivity index (χ4v) is 2.55. The van der Waals surface area contributed by atoms with Crippen molar-refractivity contribution < 1.29 is 17.9 Å². The van der Waals surface area contributed by atoms with E-state index in [-0.39, 0.29) is 4.47 Å². The van der Waals surface area contributed by atoms with Crippen LogP contribution in [0.25, 0.3) is 0 Å². The number of aryl methyl sites for hydroxylation is 1. The van der Waals surface area contributed by atoms with Gasteiger partial charge >= 0.3 is 6.18 Å². The summed E-state index contributed by atoms with van der Waals surface area (Å²) in [5.74, 6) is 0. The number of halogens is 4. The van der Waals surface area contributed by atoms with E-state index in [0.29, 0.717) is 43.5 Å². The van der Waals surface area contributed by atoms with E-state index in [1.54, 1.807) is 14.0 Å². The molecule has 0 radical (unpaired) electrons. The molecule has 1 aromatic rings. The van der Waals surface area contributed by atoms with Crippen molar-refractivity contribution >= 4 is 33.3 Å². The number of alkyl halides is 3. The first-order chi connectivity index (χ1) is 10.8. The predicted octanol–water partition coefficient (Wildman–Crippen LogP) is 2.86. The molecule has 0 spiro atoms. The van der Waals surface area contributed by atoms with Gasteiger partial charge in [-0.05, 0) is 47.9 Å². The molecule has 0 aliphatic heterocycles. The standard InChI is InChI=1S/C13H20BrF3N4OS/c1-9-10(14)11(13(15,16)17)20-21(9)7-3-5-18-12(23)19-6-4-8-22-2/h3-8H2,1-2H3,(H2,18,19,23). The largest absolute Gasteiger partial charge is 0.436 e. The summed E-state index contributed by atoms with van der Waals surface area (Å²) < 4.78 is 44.5. The third kappa shape index (κ3) is 6.64. The molecule has 2 N–H and O–H groups in total. The van der Waals surface area contributed by atoms with E-state index in [9.17, 15) is 13.2 Å². The van der Waals surface area contributed by atoms with Crippen LogP contribution in [0.4, 0.5) is 13.2 Å². The van der Waals surface area contributed by atoms with Gasteiger partial charge in [0.15, 0.2) is 10.8 Å². The second kappa shape index (κ2) is 9.43. The van der Waals surface area contributed by atoms with Crippen LogP contribution in [-0.4, -0.2) is 41.7 Å². The Morgan fingerprint density at radius 1 is 1.30 bits per heavy atom. The van der Waals surface area contributed by atoms with Gasteiger partial charge in [0.2, 0.25) is 0 Å². The molecular weight excluding hydrogens is 397 g/mol. The average molecular weight is 417 g/mol. The van der Waals surface area contributed by atoms with Gasteiger partial charge in [-0.3, -0.25) is 4.68 Å². The highest BCUT2D eigenvalue weighted by molar-refractivity contribution is 9.10. The second-order valence-corrected chi connectivity index (χ2v) is 6.05. The van der Waals surface area contributed by atoms with Crippen LogP contribution in [0.5, 0.6) is 0 Å². The van der Waals surface area contributed by atoms with Crippen molar-refractivity contribution in [2.75, 3.05) is 26.8 Å². The van der Waals surface area contributed by atoms with Gasteiger partial charge in [-0.15, -0.1) is 0 Å². The first-order valence-corrected chi connectivity index (χ1v) is 8.28. The van der Waals surface area contributed by atoms with Crippen molar-refractivity contribution in [3.05, 3.63) is 15.9 Å². The zero-order valence-corrected chi connectivity index (χ0v) is 15.4. The molecule has 23 heavy (non-hydrogen) atoms. The van der Waals surface area contributed by atoms with Crippen molar-refractivity contribution in [3.8, 4) is 0 Å². The highest BCUT2D eigenvalue weighted by Crippen LogP contribution is 2.35. The van der Waals surface area contributed by atoms with Crippen LogP contribution in [-0.2, 0) is 17.5 Å². The van der Waals surface area contributed by atoms with Crippen molar-refractivity contribution in [1.29, 1.82) is 0 Å². The van der Waals surface area contributed by atoms with Gasteiger partial charge in [0.1, 0.15) is 0 Å². The molecule has 0 bridgehead atoms. The summed E-state index contributed by atoms with van der Waals surface area (Å²) in [5, 5.41) is 10.2. The summed E-state index contributed by atoms with van der Waals surface area (Å²) in [4.78, 5) is 0. The maximum atomic E-state index is 12.8. The number of hydrogen-bond acceptors (Lipinski definition) is 3. The molecule has 0 amide bonds. The Morgan fingerprint density at radius 3 is 2.43 bits per heavy atom. The number of nitrogens with one attached hydrogen (secondary N) is 2. The molecule has 0 aliphatic rings. The maximum absolute atomic E-state index is 12.8. The van der Waals surface area contributed by atoms with E-state index in [1.165, 1.54) is 4.68 Å². The summed E-state index contributed by atoms with van der Waals surface area (Å²) in [6.45, 7) is 3.89. The second-order valence-electron chi connectivity index (χ2n) is 4.85. The summed E-state index contributed by atoms with van der Waals surface area (Å²) in [6.07, 6.45) is -3.01. The molecule has 1 aromatic heterocycles. The van der Waals surface area contributed by atoms with Crippen LogP contribution in [0.15, 0.2) is 4.47 Å². The van der Waals surface area contributed by atoms with Crippen LogP contribution in [0, 0.1) is 6.92 Å². The summed E-state index contributed by atoms with van der Waals surface area (Å²) in [7, 11) is 1.64. The topological polar surface area (TPSA) is 51.1 Å². The van der Waals surface area contributed by atoms with E-state index in [2.05, 4.69) is 31.7 Å². The third-order valence-electron chi connectivity index (χ3n) is 3.04. The number of rotatable bonds is 8. The van der Waals surface area contributed by atoms with Gasteiger partial charge in [0.05, 0.1) is 10.2 Å². The minimum Gasteiger partial charge on any atom is -0.385 e. The Morgan fingerprint density at radius 2 is 1.91 bits per heavy atom. The SMILES string of the molecule is COCCCNC(=S)NCCCn1nc(C(F)(F)F)c(Br)c1C. The van der Waals surface area contributed by atoms with Crippen molar-refractivity contribution in [1.82, 2.24) is 20.4 Å². The van der Waals surface area contributed by atoms with Gasteiger partial charge < -0.3 is 15.4 Å². The highest BCUT2D eigenvalue weighted by atomic mass is 79.9. The minimum absolute atomic E-state index is 0.00621. The summed E-state index contributed by atoms with van der Waals surface area (Å²) in [5.41, 5.74) is -0.434. The molecule has 10 heteroatoms. The van der Waals surface area contributed by atoms with Crippen LogP contribution in [0.2, 0.25) is 0 Å². The lowest BCUT2D eigenvalue weighted by Crippen LogP contribution is -2.36. The monoisotopic (exact) mass is 416 g/mol. The number of nitrogens with zero attached hydrogens (tertiary/aromatic N) is 2. The van der Waals surface area contributed by atoms with Gasteiger partial charge in [0.25, 0.3) is 0 Å². The lowest BCUT2D eigenvalue weighted by molar-refractivity contribution is -0.142. The third-order valence-corrected chi connectivity index (χ3v) is 4.28. The molecule has 0 unspecified atom stereocenters. The average Bonchev–Trinajstić information content (AvgIpc) is 2.76. The Kier molecular flexibility index (Phi) is 8.27. The summed E-state index contributed by atoms with van der Waals surface area (Å²) in [6, 6.07) is 0. The molecule has 1 rings (SSSR count). The van der Waals surface area contributed by atoms with Crippen LogP contribution in [0.3, 0.4) is 0 Å². The first kappa shape index (κ1) is 20.2. The molecule has 1 heterocycles. The molecular formula is C13H20BrF3N4OS. The normalized spacial score (nSPS) is 11.6. The molecule has 132 valence electrons. The van der Waals surface area contributed by atoms with E-state index < -0.39 is 11.9 Å². The Bertz CT molecular complexity index is 522. The molecule has 0 aliphatic carbocycles. The van der Waals surface area contributed by atoms with Crippen molar-refractivity contribution in [2.45, 2.75) is 32.5 Å². The van der Waals surface area contributed by atoms with Crippen molar-refractivity contribution in [3.63, 3.8) is 0 Å². The summed E-state index contributed by atoms with van der Waals surface area (Å²) >= 11 is 8.04. The molecule has 0 saturated heterocycles. The predicted molar refractivity (Wildman–Crippen MR) is 89.4 cm³/mol. The van der Waals surface area contributed by atoms with E-state index in [0.717, 1.165) is 6.42 Å². The molecule has 0 atom stereocenters. The minimum atomic E-state index is -4.46. The van der Waals surface area contributed by atoms with E-state index >= 15 is 0 Å². The van der Waals surface area contributed by atoms with Gasteiger partial charge in [-0.2, -0.15) is 18.3 Å². The van der Waals surface area contributed by atoms with E-state index in [1.807, 2.05) is 0 Å². The highest BCUT2D eigenvalue weighted by Gasteiger charge is 2.37. The Balaban J connectivity index is 2.35. The number of methoxy groups -OCH3 is 1. The van der Waals surface area contributed by atoms with Crippen LogP contribution >= 0.6 is 28.1 Å². The number of hydrogen-bond donors (Lipinski definition) is 2. The first-order valence-electron chi connectivity index (χ1n) is 7.08. The fraction of sp³-hybridized carbons (Fsp3) is 0.692. The van der Waals surface area contributed by atoms with Gasteiger partial charge in [-0.25, -0.2) is 0 Å². The van der Waals surface area contributed by atoms with E-state index in [4.69, 9.17) is 17.0 Å². The van der Waals surface area contributed by atoms with Gasteiger partial charge in [-0.1, -0.05) is 0 Å². The quantitative estimate of drug-likeness (QED) is 0.504. The zero-order chi connectivity index (χ0) is 17.5. The van der Waals surface area contributed by atoms with Crippen molar-refractivity contribution in [2.24, 2.45) is 0 Å². The Hall–Kier alpha value is -0.870.